The minimum Gasteiger partial charge on any atom is -0.471 e. The largest absolute Gasteiger partial charge is 0.471 e. The number of ether oxygens (including phenoxy) is 5. The van der Waals surface area contributed by atoms with Crippen molar-refractivity contribution in [3.8, 4) is 34.3 Å². The molecule has 8 heterocycles. The number of hydrogen-bond donors (Lipinski definition) is 0. The van der Waals surface area contributed by atoms with E-state index in [4.69, 9.17) is 56.9 Å². The number of imidazole rings is 2. The van der Waals surface area contributed by atoms with Crippen molar-refractivity contribution < 1.29 is 50.8 Å². The highest BCUT2D eigenvalue weighted by atomic mass is 35.5. The minimum absolute atomic E-state index is 0.0131. The molecule has 0 amide bonds. The van der Waals surface area contributed by atoms with Crippen LogP contribution in [0.4, 0.5) is 17.6 Å². The van der Waals surface area contributed by atoms with Crippen LogP contribution in [0.15, 0.2) is 122 Å². The number of nitrogens with zero attached hydrogens (tertiary/aromatic N) is 10. The number of pyridine rings is 2. The highest BCUT2D eigenvalue weighted by molar-refractivity contribution is 6.29. The van der Waals surface area contributed by atoms with Crippen molar-refractivity contribution in [1.29, 1.82) is 0 Å². The van der Waals surface area contributed by atoms with Gasteiger partial charge in [-0.1, -0.05) is 63.0 Å². The molecule has 2 fully saturated rings. The molecule has 17 nitrogen and oxygen atoms in total. The molecule has 10 aromatic rings. The Labute approximate surface area is 493 Å². The van der Waals surface area contributed by atoms with Gasteiger partial charge in [-0.25, -0.2) is 57.1 Å². The van der Waals surface area contributed by atoms with Gasteiger partial charge in [0.15, 0.2) is 0 Å². The van der Waals surface area contributed by atoms with Gasteiger partial charge in [-0.05, 0) is 83.9 Å². The first-order valence-corrected chi connectivity index (χ1v) is 27.6. The van der Waals surface area contributed by atoms with Crippen molar-refractivity contribution in [3.63, 3.8) is 0 Å². The van der Waals surface area contributed by atoms with E-state index in [2.05, 4.69) is 29.9 Å². The van der Waals surface area contributed by atoms with Gasteiger partial charge < -0.3 is 32.8 Å². The lowest BCUT2D eigenvalue weighted by Crippen LogP contribution is -2.27. The molecule has 432 valence electrons. The maximum absolute atomic E-state index is 16.3. The lowest BCUT2D eigenvalue weighted by Gasteiger charge is -2.28. The van der Waals surface area contributed by atoms with Crippen molar-refractivity contribution in [1.82, 2.24) is 49.0 Å². The van der Waals surface area contributed by atoms with Crippen LogP contribution in [0.25, 0.3) is 44.6 Å². The number of esters is 2. The van der Waals surface area contributed by atoms with Crippen LogP contribution in [-0.4, -0.2) is 87.4 Å². The molecule has 0 spiro atoms. The van der Waals surface area contributed by atoms with Crippen LogP contribution in [0.5, 0.6) is 11.8 Å². The van der Waals surface area contributed by atoms with Gasteiger partial charge in [0.1, 0.15) is 58.4 Å². The van der Waals surface area contributed by atoms with E-state index in [0.29, 0.717) is 58.3 Å². The summed E-state index contributed by atoms with van der Waals surface area (Å²) in [6.45, 7) is 9.39. The van der Waals surface area contributed by atoms with E-state index in [1.807, 2.05) is 36.8 Å². The first kappa shape index (κ1) is 56.7. The maximum Gasteiger partial charge on any atom is 0.346 e. The Hall–Kier alpha value is -8.76. The second kappa shape index (κ2) is 23.0. The van der Waals surface area contributed by atoms with Gasteiger partial charge in [-0.2, -0.15) is 0 Å². The number of carbonyl (C=O) groups is 2. The average molecular weight is 1190 g/mol. The predicted octanol–water partition coefficient (Wildman–Crippen LogP) is 12.5. The SMILES string of the molecule is CC1(C)COCC1n1c(Cc2cc(F)c(-c3cccc(OCc4cnc(Cl)cn4)n3)cc2F)nc2ccc(C(=O)OC(=O)c3ccc4nc(Cc5cc(F)c(-c6cccc(OCc7cnc(Cl)cn7)n6)cc5F)n(C5COCC5(C)C)c4c3)cc21. The molecule has 2 atom stereocenters. The van der Waals surface area contributed by atoms with Crippen LogP contribution in [-0.2, 0) is 40.3 Å². The van der Waals surface area contributed by atoms with Crippen molar-refractivity contribution in [2.24, 2.45) is 10.8 Å². The smallest absolute Gasteiger partial charge is 0.346 e. The summed E-state index contributed by atoms with van der Waals surface area (Å²) in [5.41, 5.74) is 2.10. The number of benzene rings is 4. The molecule has 0 N–H and O–H groups in total. The van der Waals surface area contributed by atoms with Crippen LogP contribution in [0.2, 0.25) is 10.3 Å². The Kier molecular flexibility index (Phi) is 15.4. The third kappa shape index (κ3) is 11.8. The summed E-state index contributed by atoms with van der Waals surface area (Å²) in [7, 11) is 0. The first-order valence-electron chi connectivity index (χ1n) is 26.9. The number of hydrogen-bond acceptors (Lipinski definition) is 15. The van der Waals surface area contributed by atoms with Gasteiger partial charge in [-0.15, -0.1) is 0 Å². The highest BCUT2D eigenvalue weighted by Gasteiger charge is 2.41. The Morgan fingerprint density at radius 3 is 1.38 bits per heavy atom. The van der Waals surface area contributed by atoms with Gasteiger partial charge >= 0.3 is 11.9 Å². The fraction of sp³-hybridized carbons (Fsp3) is 0.258. The van der Waals surface area contributed by atoms with Crippen LogP contribution in [0.3, 0.4) is 0 Å². The number of halogens is 6. The second-order valence-corrected chi connectivity index (χ2v) is 22.9. The van der Waals surface area contributed by atoms with Crippen LogP contribution in [0, 0.1) is 34.1 Å². The van der Waals surface area contributed by atoms with Crippen molar-refractivity contribution in [2.75, 3.05) is 26.4 Å². The molecule has 2 saturated heterocycles. The average Bonchev–Trinajstić information content (AvgIpc) is 2.13. The fourth-order valence-electron chi connectivity index (χ4n) is 10.6. The molecule has 0 saturated carbocycles. The summed E-state index contributed by atoms with van der Waals surface area (Å²) in [6.07, 6.45) is 5.39. The molecule has 23 heteroatoms. The van der Waals surface area contributed by atoms with Gasteiger partial charge in [0.25, 0.3) is 0 Å². The molecule has 2 aliphatic rings. The normalized spacial score (nSPS) is 16.3. The molecule has 2 unspecified atom stereocenters. The molecule has 0 radical (unpaired) electrons. The van der Waals surface area contributed by atoms with Crippen molar-refractivity contribution in [2.45, 2.75) is 65.8 Å². The van der Waals surface area contributed by atoms with Gasteiger partial charge in [0, 0.05) is 46.9 Å². The van der Waals surface area contributed by atoms with Crippen molar-refractivity contribution in [3.05, 3.63) is 201 Å². The van der Waals surface area contributed by atoms with Gasteiger partial charge in [-0.3, -0.25) is 9.97 Å². The third-order valence-electron chi connectivity index (χ3n) is 15.2. The molecule has 4 aromatic carbocycles. The Morgan fingerprint density at radius 2 is 0.988 bits per heavy atom. The highest BCUT2D eigenvalue weighted by Crippen LogP contribution is 2.43. The summed E-state index contributed by atoms with van der Waals surface area (Å²) in [5.74, 6) is -3.72. The summed E-state index contributed by atoms with van der Waals surface area (Å²) in [5, 5.41) is 0.451. The van der Waals surface area contributed by atoms with E-state index in [0.717, 1.165) is 24.3 Å². The molecule has 6 aromatic heterocycles. The summed E-state index contributed by atoms with van der Waals surface area (Å²) in [6, 6.07) is 22.4. The topological polar surface area (TPSA) is 193 Å². The Bertz CT molecular complexity index is 3970. The Balaban J connectivity index is 0.794. The van der Waals surface area contributed by atoms with Crippen LogP contribution < -0.4 is 9.47 Å². The summed E-state index contributed by atoms with van der Waals surface area (Å²) in [4.78, 5) is 63.0. The number of carbonyl (C=O) groups excluding carboxylic acids is 2. The fourth-order valence-corrected chi connectivity index (χ4v) is 10.8. The molecule has 0 aliphatic carbocycles. The predicted molar refractivity (Wildman–Crippen MR) is 304 cm³/mol. The summed E-state index contributed by atoms with van der Waals surface area (Å²) >= 11 is 11.7. The van der Waals surface area contributed by atoms with E-state index >= 15 is 17.6 Å². The van der Waals surface area contributed by atoms with E-state index in [1.165, 1.54) is 36.9 Å². The molecule has 12 rings (SSSR count). The number of aromatic nitrogens is 10. The second-order valence-electron chi connectivity index (χ2n) is 22.1. The van der Waals surface area contributed by atoms with E-state index < -0.39 is 46.0 Å². The van der Waals surface area contributed by atoms with Crippen LogP contribution >= 0.6 is 23.2 Å². The van der Waals surface area contributed by atoms with Gasteiger partial charge in [0.2, 0.25) is 11.8 Å². The molecule has 2 aliphatic heterocycles. The first-order chi connectivity index (χ1) is 40.8. The zero-order valence-corrected chi connectivity index (χ0v) is 47.5. The minimum atomic E-state index is -0.962. The Morgan fingerprint density at radius 1 is 0.553 bits per heavy atom. The van der Waals surface area contributed by atoms with E-state index in [-0.39, 0.29) is 118 Å². The molecule has 85 heavy (non-hydrogen) atoms. The monoisotopic (exact) mass is 1190 g/mol. The summed E-state index contributed by atoms with van der Waals surface area (Å²) < 4.78 is 97.5. The zero-order chi connectivity index (χ0) is 59.3. The number of rotatable bonds is 16. The maximum atomic E-state index is 16.3. The van der Waals surface area contributed by atoms with E-state index in [1.54, 1.807) is 60.7 Å². The van der Waals surface area contributed by atoms with E-state index in [9.17, 15) is 9.59 Å². The molecular weight excluding hydrogens is 1140 g/mol. The third-order valence-corrected chi connectivity index (χ3v) is 15.6. The van der Waals surface area contributed by atoms with Gasteiger partial charge in [0.05, 0.1) is 119 Å². The molecule has 0 bridgehead atoms. The lowest BCUT2D eigenvalue weighted by atomic mass is 9.87. The lowest BCUT2D eigenvalue weighted by molar-refractivity contribution is 0.0397. The molecular formula is C62H50Cl2F4N10O7. The van der Waals surface area contributed by atoms with Crippen molar-refractivity contribution >= 4 is 57.2 Å². The zero-order valence-electron chi connectivity index (χ0n) is 46.0. The number of fused-ring (bicyclic) bond motifs is 2. The quantitative estimate of drug-likeness (QED) is 0.0503. The standard InChI is InChI=1S/C62H50Cl2F4N10O7/c1-61(2)31-81-29-51(61)77-49-17-33(11-13-47(49)73-55(77)19-35-15-43(67)39(21-41(35)65)45-7-5-9-57(75-45)83-27-37-23-71-53(63)25-69-37)59(79)85-60(80)34-12-14-48-50(18-34)78(52-30-82-32-62(52,3)4)56(74-48)20-36-16-44(68)40(22-42(36)66)46-8-6-10-58(76-46)84-28-38-24-72-54(64)26-70-38/h5-18,21-26,51-52H,19-20,27-32H2,1-4H3. The van der Waals surface area contributed by atoms with Crippen LogP contribution in [0.1, 0.15) is 94.7 Å².